The predicted molar refractivity (Wildman–Crippen MR) is 188 cm³/mol. The number of hydrogen-bond acceptors (Lipinski definition) is 2. The first-order chi connectivity index (χ1) is 22.6. The Labute approximate surface area is 264 Å². The number of aromatic amines is 1. The molecule has 0 atom stereocenters. The van der Waals surface area contributed by atoms with Gasteiger partial charge in [0.05, 0.1) is 21.5 Å². The Bertz CT molecular complexity index is 2510. The van der Waals surface area contributed by atoms with Crippen molar-refractivity contribution in [2.24, 2.45) is 0 Å². The number of nitro benzene ring substituents is 1. The second-order valence-electron chi connectivity index (χ2n) is 11.2. The minimum atomic E-state index is -0.338. The third-order valence-electron chi connectivity index (χ3n) is 8.49. The van der Waals surface area contributed by atoms with Crippen molar-refractivity contribution in [1.82, 2.24) is 14.1 Å². The Balaban J connectivity index is 0.000000136. The van der Waals surface area contributed by atoms with Crippen LogP contribution >= 0.6 is 0 Å². The van der Waals surface area contributed by atoms with Crippen LogP contribution in [0.2, 0.25) is 0 Å². The largest absolute Gasteiger partial charge is 0.354 e. The molecule has 0 aliphatic heterocycles. The van der Waals surface area contributed by atoms with Crippen LogP contribution in [0.25, 0.3) is 66.1 Å². The number of H-pyrrole nitrogens is 1. The van der Waals surface area contributed by atoms with Crippen molar-refractivity contribution in [1.29, 1.82) is 0 Å². The zero-order valence-corrected chi connectivity index (χ0v) is 24.7. The number of fused-ring (bicyclic) bond motifs is 5. The molecule has 0 bridgehead atoms. The van der Waals surface area contributed by atoms with E-state index in [0.29, 0.717) is 5.56 Å². The second kappa shape index (κ2) is 11.3. The first kappa shape index (κ1) is 27.2. The van der Waals surface area contributed by atoms with Gasteiger partial charge in [-0.3, -0.25) is 10.1 Å². The van der Waals surface area contributed by atoms with Gasteiger partial charge < -0.3 is 14.1 Å². The molecule has 6 aromatic carbocycles. The Morgan fingerprint density at radius 3 is 1.85 bits per heavy atom. The van der Waals surface area contributed by atoms with E-state index in [1.54, 1.807) is 12.1 Å². The maximum absolute atomic E-state index is 11.3. The Hall–Kier alpha value is -6.40. The van der Waals surface area contributed by atoms with Crippen molar-refractivity contribution in [2.75, 3.05) is 0 Å². The maximum atomic E-state index is 11.3. The lowest BCUT2D eigenvalue weighted by Crippen LogP contribution is -1.93. The van der Waals surface area contributed by atoms with E-state index in [2.05, 4.69) is 87.0 Å². The lowest BCUT2D eigenvalue weighted by molar-refractivity contribution is -0.384. The van der Waals surface area contributed by atoms with Crippen molar-refractivity contribution >= 4 is 49.3 Å². The number of rotatable bonds is 4. The van der Waals surface area contributed by atoms with Gasteiger partial charge in [0.1, 0.15) is 0 Å². The standard InChI is InChI=1S/C20H14N2O2.C20H14N2/c23-22(24)19-9-5-4-8-18(19)16-11-10-15-12-13-21(20(15)14-16)17-6-2-1-3-7-17;1-2-6-15(7-3-1)22-11-10-14-12-19-17(13-20(14)22)16-8-4-5-9-18(16)21-19/h1-14H;1-13,21H. The normalized spacial score (nSPS) is 11.2. The van der Waals surface area contributed by atoms with Crippen LogP contribution < -0.4 is 0 Å². The highest BCUT2D eigenvalue weighted by atomic mass is 16.6. The van der Waals surface area contributed by atoms with E-state index in [4.69, 9.17) is 0 Å². The predicted octanol–water partition coefficient (Wildman–Crippen LogP) is 10.5. The van der Waals surface area contributed by atoms with Gasteiger partial charge >= 0.3 is 0 Å². The van der Waals surface area contributed by atoms with E-state index in [1.807, 2.05) is 72.9 Å². The van der Waals surface area contributed by atoms with E-state index in [1.165, 1.54) is 44.5 Å². The minimum Gasteiger partial charge on any atom is -0.354 e. The molecular weight excluding hydrogens is 568 g/mol. The number of aromatic nitrogens is 3. The van der Waals surface area contributed by atoms with Gasteiger partial charge in [0.15, 0.2) is 0 Å². The second-order valence-corrected chi connectivity index (χ2v) is 11.2. The van der Waals surface area contributed by atoms with E-state index >= 15 is 0 Å². The zero-order valence-electron chi connectivity index (χ0n) is 24.7. The summed E-state index contributed by atoms with van der Waals surface area (Å²) in [5.74, 6) is 0. The molecule has 0 fully saturated rings. The number of hydrogen-bond donors (Lipinski definition) is 1. The molecule has 46 heavy (non-hydrogen) atoms. The molecule has 0 amide bonds. The van der Waals surface area contributed by atoms with Crippen LogP contribution in [0.15, 0.2) is 164 Å². The summed E-state index contributed by atoms with van der Waals surface area (Å²) in [5.41, 5.74) is 8.49. The van der Waals surface area contributed by atoms with Gasteiger partial charge in [-0.1, -0.05) is 78.9 Å². The van der Waals surface area contributed by atoms with E-state index in [0.717, 1.165) is 22.2 Å². The number of benzene rings is 6. The van der Waals surface area contributed by atoms with Gasteiger partial charge in [-0.05, 0) is 77.7 Å². The molecule has 1 N–H and O–H groups in total. The molecule has 9 rings (SSSR count). The molecule has 9 aromatic rings. The smallest absolute Gasteiger partial charge is 0.277 e. The first-order valence-electron chi connectivity index (χ1n) is 15.1. The molecule has 3 aromatic heterocycles. The highest BCUT2D eigenvalue weighted by Gasteiger charge is 2.15. The number of para-hydroxylation sites is 4. The van der Waals surface area contributed by atoms with Gasteiger partial charge in [0.25, 0.3) is 5.69 Å². The summed E-state index contributed by atoms with van der Waals surface area (Å²) >= 11 is 0. The number of nitrogens with zero attached hydrogens (tertiary/aromatic N) is 3. The lowest BCUT2D eigenvalue weighted by Gasteiger charge is -2.08. The van der Waals surface area contributed by atoms with E-state index in [-0.39, 0.29) is 10.6 Å². The van der Waals surface area contributed by atoms with Crippen LogP contribution in [0.5, 0.6) is 0 Å². The maximum Gasteiger partial charge on any atom is 0.277 e. The summed E-state index contributed by atoms with van der Waals surface area (Å²) in [6.45, 7) is 0. The van der Waals surface area contributed by atoms with Crippen molar-refractivity contribution in [3.63, 3.8) is 0 Å². The first-order valence-corrected chi connectivity index (χ1v) is 15.1. The molecule has 0 radical (unpaired) electrons. The summed E-state index contributed by atoms with van der Waals surface area (Å²) in [6, 6.07) is 50.5. The number of nitro groups is 1. The Kier molecular flexibility index (Phi) is 6.65. The average molecular weight is 597 g/mol. The van der Waals surface area contributed by atoms with Crippen LogP contribution in [0, 0.1) is 10.1 Å². The van der Waals surface area contributed by atoms with Crippen LogP contribution in [-0.4, -0.2) is 19.0 Å². The van der Waals surface area contributed by atoms with Crippen LogP contribution in [0.1, 0.15) is 0 Å². The van der Waals surface area contributed by atoms with Crippen LogP contribution in [0.3, 0.4) is 0 Å². The summed E-state index contributed by atoms with van der Waals surface area (Å²) in [7, 11) is 0. The number of nitrogens with one attached hydrogen (secondary N) is 1. The fourth-order valence-corrected chi connectivity index (χ4v) is 6.28. The Morgan fingerprint density at radius 1 is 0.522 bits per heavy atom. The molecule has 0 saturated heterocycles. The topological polar surface area (TPSA) is 68.8 Å². The highest BCUT2D eigenvalue weighted by molar-refractivity contribution is 6.11. The van der Waals surface area contributed by atoms with Crippen LogP contribution in [-0.2, 0) is 0 Å². The van der Waals surface area contributed by atoms with Gasteiger partial charge in [-0.2, -0.15) is 0 Å². The van der Waals surface area contributed by atoms with Crippen molar-refractivity contribution in [2.45, 2.75) is 0 Å². The molecule has 0 aliphatic rings. The third-order valence-corrected chi connectivity index (χ3v) is 8.49. The van der Waals surface area contributed by atoms with Crippen molar-refractivity contribution in [3.05, 3.63) is 174 Å². The summed E-state index contributed by atoms with van der Waals surface area (Å²) in [5, 5.41) is 16.2. The lowest BCUT2D eigenvalue weighted by atomic mass is 10.0. The monoisotopic (exact) mass is 596 g/mol. The highest BCUT2D eigenvalue weighted by Crippen LogP contribution is 2.33. The van der Waals surface area contributed by atoms with E-state index < -0.39 is 0 Å². The van der Waals surface area contributed by atoms with Crippen molar-refractivity contribution in [3.8, 4) is 22.5 Å². The summed E-state index contributed by atoms with van der Waals surface area (Å²) < 4.78 is 4.34. The summed E-state index contributed by atoms with van der Waals surface area (Å²) in [6.07, 6.45) is 4.16. The molecule has 6 heteroatoms. The molecule has 6 nitrogen and oxygen atoms in total. The molecule has 0 spiro atoms. The van der Waals surface area contributed by atoms with Crippen molar-refractivity contribution < 1.29 is 4.92 Å². The molecule has 0 saturated carbocycles. The van der Waals surface area contributed by atoms with Gasteiger partial charge in [0.2, 0.25) is 0 Å². The van der Waals surface area contributed by atoms with Gasteiger partial charge in [-0.15, -0.1) is 0 Å². The van der Waals surface area contributed by atoms with Gasteiger partial charge in [0, 0.05) is 57.0 Å². The molecular formula is C40H28N4O2. The average Bonchev–Trinajstić information content (AvgIpc) is 3.83. The van der Waals surface area contributed by atoms with Gasteiger partial charge in [-0.25, -0.2) is 0 Å². The molecule has 0 unspecified atom stereocenters. The Morgan fingerprint density at radius 2 is 1.13 bits per heavy atom. The zero-order chi connectivity index (χ0) is 31.0. The third kappa shape index (κ3) is 4.78. The fraction of sp³-hybridized carbons (Fsp3) is 0. The summed E-state index contributed by atoms with van der Waals surface area (Å²) in [4.78, 5) is 14.5. The SMILES string of the molecule is O=[N+]([O-])c1ccccc1-c1ccc2ccn(-c3ccccc3)c2c1.c1ccc(-n2ccc3cc4[nH]c5ccccc5c4cc32)cc1. The van der Waals surface area contributed by atoms with E-state index in [9.17, 15) is 10.1 Å². The van der Waals surface area contributed by atoms with Crippen LogP contribution in [0.4, 0.5) is 5.69 Å². The fourth-order valence-electron chi connectivity index (χ4n) is 6.28. The minimum absolute atomic E-state index is 0.120. The quantitative estimate of drug-likeness (QED) is 0.162. The molecule has 0 aliphatic carbocycles. The molecule has 3 heterocycles. The molecule has 220 valence electrons.